The monoisotopic (exact) mass is 272 g/mol. The SMILES string of the molecule is CC.CC.CC.Cc1ccccc1-c1ccccc1C. The summed E-state index contributed by atoms with van der Waals surface area (Å²) in [6.45, 7) is 16.3. The van der Waals surface area contributed by atoms with Crippen molar-refractivity contribution in [2.45, 2.75) is 55.4 Å². The Morgan fingerprint density at radius 1 is 0.450 bits per heavy atom. The van der Waals surface area contributed by atoms with Gasteiger partial charge >= 0.3 is 0 Å². The zero-order chi connectivity index (χ0) is 16.0. The van der Waals surface area contributed by atoms with Crippen molar-refractivity contribution in [2.24, 2.45) is 0 Å². The van der Waals surface area contributed by atoms with E-state index in [2.05, 4.69) is 62.4 Å². The minimum atomic E-state index is 1.34. The van der Waals surface area contributed by atoms with Crippen LogP contribution in [0.25, 0.3) is 11.1 Å². The first-order valence-electron chi connectivity index (χ1n) is 7.90. The van der Waals surface area contributed by atoms with Crippen molar-refractivity contribution in [1.82, 2.24) is 0 Å². The van der Waals surface area contributed by atoms with Crippen LogP contribution in [0.2, 0.25) is 0 Å². The van der Waals surface area contributed by atoms with E-state index in [4.69, 9.17) is 0 Å². The fourth-order valence-corrected chi connectivity index (χ4v) is 1.75. The van der Waals surface area contributed by atoms with E-state index in [1.807, 2.05) is 41.5 Å². The zero-order valence-electron chi connectivity index (χ0n) is 14.6. The molecule has 2 rings (SSSR count). The average molecular weight is 272 g/mol. The fraction of sp³-hybridized carbons (Fsp3) is 0.400. The van der Waals surface area contributed by atoms with Crippen LogP contribution >= 0.6 is 0 Å². The maximum Gasteiger partial charge on any atom is -0.0152 e. The van der Waals surface area contributed by atoms with Crippen LogP contribution < -0.4 is 0 Å². The molecule has 0 aromatic heterocycles. The first kappa shape index (κ1) is 20.8. The Morgan fingerprint density at radius 3 is 0.950 bits per heavy atom. The van der Waals surface area contributed by atoms with Crippen molar-refractivity contribution in [3.8, 4) is 11.1 Å². The van der Waals surface area contributed by atoms with Crippen molar-refractivity contribution in [3.05, 3.63) is 59.7 Å². The van der Waals surface area contributed by atoms with E-state index in [0.29, 0.717) is 0 Å². The highest BCUT2D eigenvalue weighted by Crippen LogP contribution is 2.25. The quantitative estimate of drug-likeness (QED) is 0.521. The maximum absolute atomic E-state index is 2.18. The molecule has 0 heterocycles. The second kappa shape index (κ2) is 13.9. The average Bonchev–Trinajstić information content (AvgIpc) is 2.55. The van der Waals surface area contributed by atoms with Gasteiger partial charge in [0.1, 0.15) is 0 Å². The second-order valence-corrected chi connectivity index (χ2v) is 3.63. The summed E-state index contributed by atoms with van der Waals surface area (Å²) in [6, 6.07) is 17.0. The van der Waals surface area contributed by atoms with Gasteiger partial charge in [-0.25, -0.2) is 0 Å². The summed E-state index contributed by atoms with van der Waals surface area (Å²) in [5.74, 6) is 0. The van der Waals surface area contributed by atoms with Crippen molar-refractivity contribution in [1.29, 1.82) is 0 Å². The normalized spacial score (nSPS) is 8.00. The number of hydrogen-bond acceptors (Lipinski definition) is 0. The predicted molar refractivity (Wildman–Crippen MR) is 95.4 cm³/mol. The van der Waals surface area contributed by atoms with Gasteiger partial charge in [-0.05, 0) is 36.1 Å². The Bertz CT molecular complexity index is 398. The van der Waals surface area contributed by atoms with Crippen LogP contribution in [0, 0.1) is 13.8 Å². The summed E-state index contributed by atoms with van der Waals surface area (Å²) in [4.78, 5) is 0. The summed E-state index contributed by atoms with van der Waals surface area (Å²) < 4.78 is 0. The largest absolute Gasteiger partial charge is 0.0683 e. The van der Waals surface area contributed by atoms with Gasteiger partial charge in [0.2, 0.25) is 0 Å². The molecule has 0 unspecified atom stereocenters. The van der Waals surface area contributed by atoms with E-state index in [-0.39, 0.29) is 0 Å². The molecular formula is C20H32. The van der Waals surface area contributed by atoms with Gasteiger partial charge in [-0.1, -0.05) is 90.1 Å². The van der Waals surface area contributed by atoms with E-state index < -0.39 is 0 Å². The Balaban J connectivity index is 0. The minimum absolute atomic E-state index is 1.34. The van der Waals surface area contributed by atoms with E-state index >= 15 is 0 Å². The number of benzene rings is 2. The highest BCUT2D eigenvalue weighted by Gasteiger charge is 2.02. The molecule has 0 amide bonds. The van der Waals surface area contributed by atoms with E-state index in [9.17, 15) is 0 Å². The van der Waals surface area contributed by atoms with Gasteiger partial charge < -0.3 is 0 Å². The van der Waals surface area contributed by atoms with Crippen molar-refractivity contribution < 1.29 is 0 Å². The molecule has 2 aromatic rings. The maximum atomic E-state index is 2.18. The van der Waals surface area contributed by atoms with Crippen LogP contribution in [0.1, 0.15) is 52.7 Å². The van der Waals surface area contributed by atoms with Gasteiger partial charge in [-0.15, -0.1) is 0 Å². The molecule has 0 fully saturated rings. The lowest BCUT2D eigenvalue weighted by molar-refractivity contribution is 1.41. The fourth-order valence-electron chi connectivity index (χ4n) is 1.75. The van der Waals surface area contributed by atoms with Gasteiger partial charge in [0.05, 0.1) is 0 Å². The molecule has 20 heavy (non-hydrogen) atoms. The molecule has 0 spiro atoms. The first-order valence-corrected chi connectivity index (χ1v) is 7.90. The number of hydrogen-bond donors (Lipinski definition) is 0. The summed E-state index contributed by atoms with van der Waals surface area (Å²) in [5, 5.41) is 0. The van der Waals surface area contributed by atoms with Crippen molar-refractivity contribution in [2.75, 3.05) is 0 Å². The van der Waals surface area contributed by atoms with E-state index in [1.54, 1.807) is 0 Å². The zero-order valence-corrected chi connectivity index (χ0v) is 14.6. The lowest BCUT2D eigenvalue weighted by Crippen LogP contribution is -1.85. The van der Waals surface area contributed by atoms with Crippen molar-refractivity contribution >= 4 is 0 Å². The molecular weight excluding hydrogens is 240 g/mol. The Kier molecular flexibility index (Phi) is 14.4. The lowest BCUT2D eigenvalue weighted by atomic mass is 9.97. The lowest BCUT2D eigenvalue weighted by Gasteiger charge is -2.08. The summed E-state index contributed by atoms with van der Waals surface area (Å²) in [5.41, 5.74) is 5.35. The standard InChI is InChI=1S/C14H14.3C2H6/c1-11-7-3-5-9-13(11)14-10-6-4-8-12(14)2;3*1-2/h3-10H,1-2H3;3*1-2H3. The third kappa shape index (κ3) is 6.56. The summed E-state index contributed by atoms with van der Waals surface area (Å²) in [6.07, 6.45) is 0. The molecule has 0 N–H and O–H groups in total. The molecule has 2 aromatic carbocycles. The third-order valence-corrected chi connectivity index (χ3v) is 2.58. The molecule has 112 valence electrons. The van der Waals surface area contributed by atoms with Gasteiger partial charge in [0.25, 0.3) is 0 Å². The minimum Gasteiger partial charge on any atom is -0.0683 e. The van der Waals surface area contributed by atoms with Crippen LogP contribution in [0.15, 0.2) is 48.5 Å². The summed E-state index contributed by atoms with van der Waals surface area (Å²) in [7, 11) is 0. The van der Waals surface area contributed by atoms with Crippen LogP contribution in [0.5, 0.6) is 0 Å². The molecule has 0 heteroatoms. The molecule has 0 nitrogen and oxygen atoms in total. The molecule has 0 saturated carbocycles. The Labute approximate surface area is 126 Å². The van der Waals surface area contributed by atoms with Crippen LogP contribution in [-0.2, 0) is 0 Å². The predicted octanol–water partition coefficient (Wildman–Crippen LogP) is 7.05. The highest BCUT2D eigenvalue weighted by atomic mass is 14.1. The Morgan fingerprint density at radius 2 is 0.700 bits per heavy atom. The van der Waals surface area contributed by atoms with Gasteiger partial charge in [-0.3, -0.25) is 0 Å². The third-order valence-electron chi connectivity index (χ3n) is 2.58. The molecule has 0 saturated heterocycles. The molecule has 0 radical (unpaired) electrons. The van der Waals surface area contributed by atoms with Crippen LogP contribution in [-0.4, -0.2) is 0 Å². The Hall–Kier alpha value is -1.56. The second-order valence-electron chi connectivity index (χ2n) is 3.63. The number of aryl methyl sites for hydroxylation is 2. The van der Waals surface area contributed by atoms with Crippen LogP contribution in [0.3, 0.4) is 0 Å². The van der Waals surface area contributed by atoms with Gasteiger partial charge in [0, 0.05) is 0 Å². The van der Waals surface area contributed by atoms with Gasteiger partial charge in [0.15, 0.2) is 0 Å². The van der Waals surface area contributed by atoms with Crippen LogP contribution in [0.4, 0.5) is 0 Å². The molecule has 0 aliphatic rings. The molecule has 0 aliphatic heterocycles. The smallest absolute Gasteiger partial charge is 0.0152 e. The van der Waals surface area contributed by atoms with Crippen molar-refractivity contribution in [3.63, 3.8) is 0 Å². The first-order chi connectivity index (χ1) is 9.79. The summed E-state index contributed by atoms with van der Waals surface area (Å²) >= 11 is 0. The molecule has 0 atom stereocenters. The number of rotatable bonds is 1. The van der Waals surface area contributed by atoms with E-state index in [0.717, 1.165) is 0 Å². The van der Waals surface area contributed by atoms with E-state index in [1.165, 1.54) is 22.3 Å². The topological polar surface area (TPSA) is 0 Å². The highest BCUT2D eigenvalue weighted by molar-refractivity contribution is 5.70. The van der Waals surface area contributed by atoms with Gasteiger partial charge in [-0.2, -0.15) is 0 Å². The molecule has 0 aliphatic carbocycles. The molecule has 0 bridgehead atoms.